The third kappa shape index (κ3) is 2.11. The average molecular weight is 220 g/mol. The number of hydrogen-bond acceptors (Lipinski definition) is 2. The van der Waals surface area contributed by atoms with Crippen molar-refractivity contribution in [2.75, 3.05) is 0 Å². The van der Waals surface area contributed by atoms with Crippen molar-refractivity contribution in [3.05, 3.63) is 59.3 Å². The zero-order valence-electron chi connectivity index (χ0n) is 8.31. The van der Waals surface area contributed by atoms with Crippen molar-refractivity contribution in [1.82, 2.24) is 0 Å². The van der Waals surface area contributed by atoms with Crippen LogP contribution in [0.15, 0.2) is 41.0 Å². The zero-order chi connectivity index (χ0) is 11.5. The molecule has 3 nitrogen and oxygen atoms in total. The van der Waals surface area contributed by atoms with Crippen LogP contribution in [0.25, 0.3) is 0 Å². The molecule has 1 aromatic carbocycles. The molecule has 0 bridgehead atoms. The van der Waals surface area contributed by atoms with Crippen LogP contribution in [0.4, 0.5) is 4.39 Å². The molecule has 2 aromatic rings. The molecule has 0 aliphatic rings. The predicted octanol–water partition coefficient (Wildman–Crippen LogP) is 2.71. The second-order valence-corrected chi connectivity index (χ2v) is 3.39. The van der Waals surface area contributed by atoms with E-state index in [1.54, 1.807) is 18.2 Å². The Balaban J connectivity index is 2.21. The van der Waals surface area contributed by atoms with Crippen molar-refractivity contribution in [2.24, 2.45) is 0 Å². The Labute approximate surface area is 91.1 Å². The molecule has 82 valence electrons. The van der Waals surface area contributed by atoms with Crippen molar-refractivity contribution in [2.45, 2.75) is 6.42 Å². The minimum absolute atomic E-state index is 0.133. The lowest BCUT2D eigenvalue weighted by atomic mass is 10.1. The molecule has 0 aliphatic heterocycles. The molecule has 0 atom stereocenters. The van der Waals surface area contributed by atoms with Crippen LogP contribution < -0.4 is 0 Å². The summed E-state index contributed by atoms with van der Waals surface area (Å²) >= 11 is 0. The molecule has 0 amide bonds. The minimum atomic E-state index is -1.13. The number of carboxylic acid groups (broad SMARTS) is 1. The summed E-state index contributed by atoms with van der Waals surface area (Å²) in [7, 11) is 0. The van der Waals surface area contributed by atoms with Crippen molar-refractivity contribution in [3.8, 4) is 0 Å². The maximum atomic E-state index is 13.3. The fourth-order valence-electron chi connectivity index (χ4n) is 1.44. The highest BCUT2D eigenvalue weighted by Crippen LogP contribution is 2.15. The lowest BCUT2D eigenvalue weighted by Gasteiger charge is -1.99. The van der Waals surface area contributed by atoms with Crippen LogP contribution in [0.3, 0.4) is 0 Å². The highest BCUT2D eigenvalue weighted by atomic mass is 19.1. The lowest BCUT2D eigenvalue weighted by Crippen LogP contribution is -1.93. The molecule has 1 heterocycles. The van der Waals surface area contributed by atoms with Crippen LogP contribution >= 0.6 is 0 Å². The van der Waals surface area contributed by atoms with Crippen LogP contribution in [0, 0.1) is 5.82 Å². The van der Waals surface area contributed by atoms with Gasteiger partial charge in [-0.15, -0.1) is 0 Å². The van der Waals surface area contributed by atoms with E-state index in [0.717, 1.165) is 0 Å². The number of furan rings is 1. The number of rotatable bonds is 3. The number of aromatic carboxylic acids is 1. The van der Waals surface area contributed by atoms with Crippen molar-refractivity contribution in [1.29, 1.82) is 0 Å². The zero-order valence-corrected chi connectivity index (χ0v) is 8.31. The van der Waals surface area contributed by atoms with Gasteiger partial charge in [0.2, 0.25) is 5.76 Å². The summed E-state index contributed by atoms with van der Waals surface area (Å²) in [6.45, 7) is 0. The Kier molecular flexibility index (Phi) is 2.72. The molecular weight excluding hydrogens is 211 g/mol. The van der Waals surface area contributed by atoms with Crippen LogP contribution in [0.5, 0.6) is 0 Å². The Morgan fingerprint density at radius 1 is 1.38 bits per heavy atom. The van der Waals surface area contributed by atoms with Gasteiger partial charge in [0.15, 0.2) is 0 Å². The molecule has 4 heteroatoms. The second kappa shape index (κ2) is 4.18. The van der Waals surface area contributed by atoms with E-state index in [4.69, 9.17) is 9.52 Å². The number of halogens is 1. The van der Waals surface area contributed by atoms with E-state index in [-0.39, 0.29) is 11.6 Å². The topological polar surface area (TPSA) is 50.4 Å². The average Bonchev–Trinajstić information content (AvgIpc) is 2.70. The Bertz CT molecular complexity index is 516. The third-order valence-corrected chi connectivity index (χ3v) is 2.22. The number of hydrogen-bond donors (Lipinski definition) is 1. The first-order chi connectivity index (χ1) is 7.66. The van der Waals surface area contributed by atoms with Crippen molar-refractivity contribution < 1.29 is 18.7 Å². The quantitative estimate of drug-likeness (QED) is 0.865. The Morgan fingerprint density at radius 2 is 2.12 bits per heavy atom. The molecule has 0 fully saturated rings. The highest BCUT2D eigenvalue weighted by molar-refractivity contribution is 5.84. The van der Waals surface area contributed by atoms with Crippen molar-refractivity contribution in [3.63, 3.8) is 0 Å². The van der Waals surface area contributed by atoms with E-state index < -0.39 is 5.97 Å². The molecule has 0 radical (unpaired) electrons. The van der Waals surface area contributed by atoms with Gasteiger partial charge >= 0.3 is 5.97 Å². The van der Waals surface area contributed by atoms with Gasteiger partial charge in [-0.3, -0.25) is 0 Å². The maximum absolute atomic E-state index is 13.3. The predicted molar refractivity (Wildman–Crippen MR) is 54.9 cm³/mol. The molecular formula is C12H9FO3. The first kappa shape index (κ1) is 10.4. The maximum Gasteiger partial charge on any atom is 0.371 e. The molecule has 0 aliphatic carbocycles. The SMILES string of the molecule is O=C(O)c1cc(Cc2ccccc2F)co1. The summed E-state index contributed by atoms with van der Waals surface area (Å²) in [5.41, 5.74) is 1.16. The summed E-state index contributed by atoms with van der Waals surface area (Å²) in [5, 5.41) is 8.65. The monoisotopic (exact) mass is 220 g/mol. The summed E-state index contributed by atoms with van der Waals surface area (Å²) in [4.78, 5) is 10.6. The molecule has 2 rings (SSSR count). The van der Waals surface area contributed by atoms with E-state index in [0.29, 0.717) is 17.5 Å². The number of carboxylic acids is 1. The Morgan fingerprint density at radius 3 is 2.75 bits per heavy atom. The van der Waals surface area contributed by atoms with Gasteiger partial charge in [0.05, 0.1) is 6.26 Å². The van der Waals surface area contributed by atoms with E-state index in [9.17, 15) is 9.18 Å². The van der Waals surface area contributed by atoms with E-state index in [2.05, 4.69) is 0 Å². The van der Waals surface area contributed by atoms with Crippen LogP contribution in [0.2, 0.25) is 0 Å². The normalized spacial score (nSPS) is 10.3. The van der Waals surface area contributed by atoms with Gasteiger partial charge in [-0.25, -0.2) is 9.18 Å². The first-order valence-corrected chi connectivity index (χ1v) is 4.71. The molecule has 0 saturated heterocycles. The van der Waals surface area contributed by atoms with Gasteiger partial charge in [-0.05, 0) is 23.3 Å². The molecule has 1 N–H and O–H groups in total. The van der Waals surface area contributed by atoms with Crippen LogP contribution in [-0.2, 0) is 6.42 Å². The van der Waals surface area contributed by atoms with Gasteiger partial charge < -0.3 is 9.52 Å². The van der Waals surface area contributed by atoms with Crippen molar-refractivity contribution >= 4 is 5.97 Å². The van der Waals surface area contributed by atoms with Crippen LogP contribution in [0.1, 0.15) is 21.7 Å². The molecule has 16 heavy (non-hydrogen) atoms. The van der Waals surface area contributed by atoms with E-state index in [1.165, 1.54) is 18.4 Å². The van der Waals surface area contributed by atoms with Gasteiger partial charge in [0, 0.05) is 6.42 Å². The number of carbonyl (C=O) groups is 1. The summed E-state index contributed by atoms with van der Waals surface area (Å²) in [6.07, 6.45) is 1.65. The summed E-state index contributed by atoms with van der Waals surface area (Å²) in [6, 6.07) is 7.76. The van der Waals surface area contributed by atoms with Gasteiger partial charge in [-0.1, -0.05) is 18.2 Å². The largest absolute Gasteiger partial charge is 0.475 e. The van der Waals surface area contributed by atoms with Gasteiger partial charge in [0.25, 0.3) is 0 Å². The molecule has 0 spiro atoms. The molecule has 0 saturated carbocycles. The smallest absolute Gasteiger partial charge is 0.371 e. The van der Waals surface area contributed by atoms with E-state index >= 15 is 0 Å². The highest BCUT2D eigenvalue weighted by Gasteiger charge is 2.10. The van der Waals surface area contributed by atoms with Gasteiger partial charge in [0.1, 0.15) is 5.82 Å². The fraction of sp³-hybridized carbons (Fsp3) is 0.0833. The summed E-state index contributed by atoms with van der Waals surface area (Å²) < 4.78 is 18.1. The summed E-state index contributed by atoms with van der Waals surface area (Å²) in [5.74, 6) is -1.56. The van der Waals surface area contributed by atoms with Crippen LogP contribution in [-0.4, -0.2) is 11.1 Å². The van der Waals surface area contributed by atoms with Gasteiger partial charge in [-0.2, -0.15) is 0 Å². The third-order valence-electron chi connectivity index (χ3n) is 2.22. The standard InChI is InChI=1S/C12H9FO3/c13-10-4-2-1-3-9(10)5-8-6-11(12(14)15)16-7-8/h1-4,6-7H,5H2,(H,14,15). The Hall–Kier alpha value is -2.10. The first-order valence-electron chi connectivity index (χ1n) is 4.71. The lowest BCUT2D eigenvalue weighted by molar-refractivity contribution is 0.0662. The molecule has 0 unspecified atom stereocenters. The molecule has 1 aromatic heterocycles. The number of benzene rings is 1. The minimum Gasteiger partial charge on any atom is -0.475 e. The van der Waals surface area contributed by atoms with E-state index in [1.807, 2.05) is 0 Å². The fourth-order valence-corrected chi connectivity index (χ4v) is 1.44. The second-order valence-electron chi connectivity index (χ2n) is 3.39.